The van der Waals surface area contributed by atoms with Gasteiger partial charge < -0.3 is 5.32 Å². The van der Waals surface area contributed by atoms with Gasteiger partial charge in [0.05, 0.1) is 10.7 Å². The van der Waals surface area contributed by atoms with Crippen molar-refractivity contribution in [1.29, 1.82) is 0 Å². The first-order valence-electron chi connectivity index (χ1n) is 9.91. The highest BCUT2D eigenvalue weighted by Gasteiger charge is 2.26. The van der Waals surface area contributed by atoms with E-state index in [9.17, 15) is 4.79 Å². The second-order valence-corrected chi connectivity index (χ2v) is 8.89. The van der Waals surface area contributed by atoms with Crippen molar-refractivity contribution in [1.82, 2.24) is 20.1 Å². The second kappa shape index (κ2) is 8.96. The fraction of sp³-hybridized carbons (Fsp3) is 0.318. The SMILES string of the molecule is CC1CCCCC1NC(=O)c1nc(-c2ccc(Cl)cc2Cl)n(-c2ccc(Cl)cc2)n1. The van der Waals surface area contributed by atoms with Crippen molar-refractivity contribution < 1.29 is 4.79 Å². The highest BCUT2D eigenvalue weighted by molar-refractivity contribution is 6.36. The molecule has 0 saturated heterocycles. The van der Waals surface area contributed by atoms with Crippen molar-refractivity contribution in [2.75, 3.05) is 0 Å². The van der Waals surface area contributed by atoms with Crippen LogP contribution in [0.2, 0.25) is 15.1 Å². The van der Waals surface area contributed by atoms with Crippen LogP contribution in [0.15, 0.2) is 42.5 Å². The summed E-state index contributed by atoms with van der Waals surface area (Å²) in [5.74, 6) is 0.712. The van der Waals surface area contributed by atoms with Crippen molar-refractivity contribution in [3.8, 4) is 17.1 Å². The van der Waals surface area contributed by atoms with E-state index in [1.54, 1.807) is 35.0 Å². The van der Waals surface area contributed by atoms with E-state index in [1.807, 2.05) is 12.1 Å². The summed E-state index contributed by atoms with van der Waals surface area (Å²) < 4.78 is 1.60. The third-order valence-corrected chi connectivity index (χ3v) is 6.28. The molecule has 1 aliphatic rings. The maximum atomic E-state index is 13.0. The Labute approximate surface area is 190 Å². The van der Waals surface area contributed by atoms with Gasteiger partial charge in [0, 0.05) is 21.7 Å². The van der Waals surface area contributed by atoms with E-state index >= 15 is 0 Å². The van der Waals surface area contributed by atoms with Crippen LogP contribution in [0.5, 0.6) is 0 Å². The number of rotatable bonds is 4. The topological polar surface area (TPSA) is 59.8 Å². The number of aromatic nitrogens is 3. The van der Waals surface area contributed by atoms with E-state index < -0.39 is 0 Å². The summed E-state index contributed by atoms with van der Waals surface area (Å²) in [6.45, 7) is 2.17. The van der Waals surface area contributed by atoms with Crippen molar-refractivity contribution in [2.45, 2.75) is 38.6 Å². The molecule has 30 heavy (non-hydrogen) atoms. The van der Waals surface area contributed by atoms with E-state index in [1.165, 1.54) is 6.42 Å². The van der Waals surface area contributed by atoms with Crippen LogP contribution in [0.4, 0.5) is 0 Å². The van der Waals surface area contributed by atoms with Gasteiger partial charge in [-0.2, -0.15) is 0 Å². The molecule has 2 atom stereocenters. The Balaban J connectivity index is 1.73. The van der Waals surface area contributed by atoms with Crippen molar-refractivity contribution >= 4 is 40.7 Å². The third kappa shape index (κ3) is 4.48. The van der Waals surface area contributed by atoms with Gasteiger partial charge in [0.1, 0.15) is 0 Å². The molecule has 1 fully saturated rings. The Morgan fingerprint density at radius 1 is 1.03 bits per heavy atom. The molecular formula is C22H21Cl3N4O. The van der Waals surface area contributed by atoms with Crippen LogP contribution in [0.3, 0.4) is 0 Å². The smallest absolute Gasteiger partial charge is 0.291 e. The first-order valence-corrected chi connectivity index (χ1v) is 11.0. The zero-order chi connectivity index (χ0) is 21.3. The lowest BCUT2D eigenvalue weighted by Gasteiger charge is -2.28. The summed E-state index contributed by atoms with van der Waals surface area (Å²) >= 11 is 18.5. The first-order chi connectivity index (χ1) is 14.4. The maximum absolute atomic E-state index is 13.0. The Kier molecular flexibility index (Phi) is 6.32. The zero-order valence-electron chi connectivity index (χ0n) is 16.4. The van der Waals surface area contributed by atoms with Gasteiger partial charge in [0.15, 0.2) is 5.82 Å². The number of carbonyl (C=O) groups is 1. The van der Waals surface area contributed by atoms with Crippen molar-refractivity contribution in [3.63, 3.8) is 0 Å². The Morgan fingerprint density at radius 3 is 2.43 bits per heavy atom. The molecule has 1 N–H and O–H groups in total. The van der Waals surface area contributed by atoms with Gasteiger partial charge >= 0.3 is 0 Å². The minimum absolute atomic E-state index is 0.101. The molecule has 3 aromatic rings. The summed E-state index contributed by atoms with van der Waals surface area (Å²) in [6.07, 6.45) is 4.41. The predicted octanol–water partition coefficient (Wildman–Crippen LogP) is 6.20. The second-order valence-electron chi connectivity index (χ2n) is 7.61. The molecule has 8 heteroatoms. The molecule has 156 valence electrons. The fourth-order valence-electron chi connectivity index (χ4n) is 3.78. The standard InChI is InChI=1S/C22H21Cl3N4O/c1-13-4-2-3-5-19(13)26-22(30)20-27-21(17-11-8-15(24)12-18(17)25)29(28-20)16-9-6-14(23)7-10-16/h6-13,19H,2-5H2,1H3,(H,26,30). The number of amides is 1. The molecule has 5 nitrogen and oxygen atoms in total. The van der Waals surface area contributed by atoms with Gasteiger partial charge in [-0.1, -0.05) is 54.6 Å². The minimum atomic E-state index is -0.284. The summed E-state index contributed by atoms with van der Waals surface area (Å²) in [6, 6.07) is 12.4. The molecule has 1 saturated carbocycles. The van der Waals surface area contributed by atoms with E-state index in [0.717, 1.165) is 24.9 Å². The predicted molar refractivity (Wildman–Crippen MR) is 121 cm³/mol. The lowest BCUT2D eigenvalue weighted by Crippen LogP contribution is -2.41. The summed E-state index contributed by atoms with van der Waals surface area (Å²) in [5.41, 5.74) is 1.35. The van der Waals surface area contributed by atoms with Gasteiger partial charge in [-0.3, -0.25) is 4.79 Å². The van der Waals surface area contributed by atoms with E-state index in [2.05, 4.69) is 22.3 Å². The molecule has 0 radical (unpaired) electrons. The van der Waals surface area contributed by atoms with Gasteiger partial charge in [-0.25, -0.2) is 9.67 Å². The zero-order valence-corrected chi connectivity index (χ0v) is 18.7. The average molecular weight is 464 g/mol. The molecule has 1 amide bonds. The Hall–Kier alpha value is -2.08. The Bertz CT molecular complexity index is 1060. The highest BCUT2D eigenvalue weighted by atomic mass is 35.5. The molecule has 0 spiro atoms. The molecule has 1 heterocycles. The average Bonchev–Trinajstić information content (AvgIpc) is 3.15. The van der Waals surface area contributed by atoms with Gasteiger partial charge in [-0.15, -0.1) is 5.10 Å². The number of benzene rings is 2. The molecule has 4 rings (SSSR count). The summed E-state index contributed by atoms with van der Waals surface area (Å²) in [5, 5.41) is 9.16. The largest absolute Gasteiger partial charge is 0.346 e. The van der Waals surface area contributed by atoms with Crippen LogP contribution in [-0.4, -0.2) is 26.7 Å². The molecule has 1 aromatic heterocycles. The normalized spacial score (nSPS) is 18.9. The number of nitrogens with zero attached hydrogens (tertiary/aromatic N) is 3. The fourth-order valence-corrected chi connectivity index (χ4v) is 4.40. The number of nitrogens with one attached hydrogen (secondary N) is 1. The van der Waals surface area contributed by atoms with Crippen LogP contribution in [0.25, 0.3) is 17.1 Å². The van der Waals surface area contributed by atoms with E-state index in [4.69, 9.17) is 34.8 Å². The highest BCUT2D eigenvalue weighted by Crippen LogP contribution is 2.31. The number of halogens is 3. The molecule has 2 aromatic carbocycles. The van der Waals surface area contributed by atoms with Gasteiger partial charge in [-0.05, 0) is 61.2 Å². The first kappa shape index (κ1) is 21.2. The molecule has 0 aliphatic heterocycles. The lowest BCUT2D eigenvalue weighted by molar-refractivity contribution is 0.0899. The molecule has 0 bridgehead atoms. The number of carbonyl (C=O) groups excluding carboxylic acids is 1. The molecule has 2 unspecified atom stereocenters. The minimum Gasteiger partial charge on any atom is -0.346 e. The monoisotopic (exact) mass is 462 g/mol. The van der Waals surface area contributed by atoms with Crippen molar-refractivity contribution in [2.24, 2.45) is 5.92 Å². The van der Waals surface area contributed by atoms with Gasteiger partial charge in [0.2, 0.25) is 5.82 Å². The van der Waals surface area contributed by atoms with Crippen LogP contribution < -0.4 is 5.32 Å². The number of hydrogen-bond donors (Lipinski definition) is 1. The van der Waals surface area contributed by atoms with Crippen LogP contribution >= 0.6 is 34.8 Å². The maximum Gasteiger partial charge on any atom is 0.291 e. The quantitative estimate of drug-likeness (QED) is 0.501. The summed E-state index contributed by atoms with van der Waals surface area (Å²) in [4.78, 5) is 17.5. The lowest BCUT2D eigenvalue weighted by atomic mass is 9.86. The van der Waals surface area contributed by atoms with E-state index in [0.29, 0.717) is 32.4 Å². The number of hydrogen-bond acceptors (Lipinski definition) is 3. The van der Waals surface area contributed by atoms with Crippen LogP contribution in [0.1, 0.15) is 43.2 Å². The van der Waals surface area contributed by atoms with Gasteiger partial charge in [0.25, 0.3) is 5.91 Å². The van der Waals surface area contributed by atoms with Crippen molar-refractivity contribution in [3.05, 3.63) is 63.4 Å². The van der Waals surface area contributed by atoms with Crippen LogP contribution in [-0.2, 0) is 0 Å². The molecular weight excluding hydrogens is 443 g/mol. The third-order valence-electron chi connectivity index (χ3n) is 5.48. The van der Waals surface area contributed by atoms with E-state index in [-0.39, 0.29) is 17.8 Å². The molecule has 1 aliphatic carbocycles. The summed E-state index contributed by atoms with van der Waals surface area (Å²) in [7, 11) is 0. The Morgan fingerprint density at radius 2 is 1.73 bits per heavy atom. The van der Waals surface area contributed by atoms with Crippen LogP contribution in [0, 0.1) is 5.92 Å².